The number of carbonyl (C=O) groups is 1. The van der Waals surface area contributed by atoms with E-state index >= 15 is 0 Å². The molecule has 0 atom stereocenters. The van der Waals surface area contributed by atoms with Crippen LogP contribution in [-0.4, -0.2) is 47.4 Å². The third-order valence-corrected chi connectivity index (χ3v) is 7.74. The minimum atomic E-state index is -4.05. The molecule has 0 bridgehead atoms. The number of nitrogens with zero attached hydrogens (tertiary/aromatic N) is 1. The third-order valence-electron chi connectivity index (χ3n) is 4.90. The van der Waals surface area contributed by atoms with Crippen LogP contribution in [0.5, 0.6) is 11.5 Å². The first-order valence-corrected chi connectivity index (χ1v) is 13.2. The highest BCUT2D eigenvalue weighted by Gasteiger charge is 2.29. The number of methoxy groups -OCH3 is 2. The molecule has 0 saturated carbocycles. The molecule has 8 nitrogen and oxygen atoms in total. The summed E-state index contributed by atoms with van der Waals surface area (Å²) in [5.41, 5.74) is 0.282. The fraction of sp³-hybridized carbons (Fsp3) is 0.292. The highest BCUT2D eigenvalue weighted by atomic mass is 32.2. The number of sulfonamides is 1. The van der Waals surface area contributed by atoms with Crippen LogP contribution in [0.1, 0.15) is 12.2 Å². The van der Waals surface area contributed by atoms with Gasteiger partial charge in [0.15, 0.2) is 0 Å². The van der Waals surface area contributed by atoms with Crippen molar-refractivity contribution in [1.82, 2.24) is 5.32 Å². The summed E-state index contributed by atoms with van der Waals surface area (Å²) in [7, 11) is -1.09. The summed E-state index contributed by atoms with van der Waals surface area (Å²) in [5.74, 6) is 2.99. The molecule has 0 radical (unpaired) electrons. The number of rotatable bonds is 13. The Bertz CT molecular complexity index is 1150. The fourth-order valence-corrected chi connectivity index (χ4v) is 5.46. The van der Waals surface area contributed by atoms with Gasteiger partial charge in [-0.05, 0) is 60.7 Å². The number of hydrogen-bond donors (Lipinski definition) is 1. The van der Waals surface area contributed by atoms with Crippen LogP contribution < -0.4 is 19.1 Å². The lowest BCUT2D eigenvalue weighted by atomic mass is 10.3. The lowest BCUT2D eigenvalue weighted by Gasteiger charge is -2.25. The van der Waals surface area contributed by atoms with Crippen LogP contribution in [0.25, 0.3) is 0 Å². The van der Waals surface area contributed by atoms with Crippen molar-refractivity contribution in [2.75, 3.05) is 37.4 Å². The zero-order valence-corrected chi connectivity index (χ0v) is 20.7. The van der Waals surface area contributed by atoms with Crippen LogP contribution in [0, 0.1) is 0 Å². The molecule has 10 heteroatoms. The maximum absolute atomic E-state index is 13.5. The quantitative estimate of drug-likeness (QED) is 0.352. The summed E-state index contributed by atoms with van der Waals surface area (Å²) in [6.07, 6.45) is 2.39. The van der Waals surface area contributed by atoms with Crippen LogP contribution in [-0.2, 0) is 20.6 Å². The van der Waals surface area contributed by atoms with Gasteiger partial charge in [-0.1, -0.05) is 12.1 Å². The van der Waals surface area contributed by atoms with Gasteiger partial charge in [-0.2, -0.15) is 11.8 Å². The molecule has 1 aromatic heterocycles. The van der Waals surface area contributed by atoms with Crippen molar-refractivity contribution in [3.63, 3.8) is 0 Å². The molecule has 0 aliphatic rings. The van der Waals surface area contributed by atoms with Crippen LogP contribution in [0.4, 0.5) is 5.69 Å². The van der Waals surface area contributed by atoms with Gasteiger partial charge >= 0.3 is 0 Å². The van der Waals surface area contributed by atoms with E-state index in [2.05, 4.69) is 5.32 Å². The molecule has 34 heavy (non-hydrogen) atoms. The van der Waals surface area contributed by atoms with E-state index in [9.17, 15) is 13.2 Å². The number of amides is 1. The zero-order chi connectivity index (χ0) is 24.4. The Balaban J connectivity index is 1.68. The van der Waals surface area contributed by atoms with Crippen molar-refractivity contribution in [3.8, 4) is 11.5 Å². The molecule has 182 valence electrons. The largest absolute Gasteiger partial charge is 0.497 e. The van der Waals surface area contributed by atoms with Gasteiger partial charge < -0.3 is 19.2 Å². The van der Waals surface area contributed by atoms with Crippen LogP contribution in [0.3, 0.4) is 0 Å². The van der Waals surface area contributed by atoms with Crippen molar-refractivity contribution in [1.29, 1.82) is 0 Å². The summed E-state index contributed by atoms with van der Waals surface area (Å²) in [5, 5.41) is 2.81. The Morgan fingerprint density at radius 3 is 2.47 bits per heavy atom. The monoisotopic (exact) mass is 504 g/mol. The first-order chi connectivity index (χ1) is 16.5. The Morgan fingerprint density at radius 2 is 1.79 bits per heavy atom. The van der Waals surface area contributed by atoms with Crippen LogP contribution in [0.2, 0.25) is 0 Å². The molecule has 1 N–H and O–H groups in total. The molecular weight excluding hydrogens is 476 g/mol. The molecule has 0 spiro atoms. The van der Waals surface area contributed by atoms with Crippen molar-refractivity contribution < 1.29 is 27.1 Å². The second-order valence-electron chi connectivity index (χ2n) is 7.19. The highest BCUT2D eigenvalue weighted by molar-refractivity contribution is 7.98. The Kier molecular flexibility index (Phi) is 9.29. The van der Waals surface area contributed by atoms with E-state index in [1.165, 1.54) is 26.4 Å². The second-order valence-corrected chi connectivity index (χ2v) is 10.2. The van der Waals surface area contributed by atoms with Crippen molar-refractivity contribution in [3.05, 3.63) is 72.7 Å². The van der Waals surface area contributed by atoms with Gasteiger partial charge in [0, 0.05) is 6.54 Å². The predicted molar refractivity (Wildman–Crippen MR) is 133 cm³/mol. The van der Waals surface area contributed by atoms with E-state index in [1.54, 1.807) is 54.4 Å². The number of anilines is 1. The number of thioether (sulfide) groups is 1. The minimum Gasteiger partial charge on any atom is -0.497 e. The van der Waals surface area contributed by atoms with E-state index in [4.69, 9.17) is 13.9 Å². The van der Waals surface area contributed by atoms with E-state index in [0.717, 1.165) is 28.0 Å². The topological polar surface area (TPSA) is 98.1 Å². The zero-order valence-electron chi connectivity index (χ0n) is 19.1. The van der Waals surface area contributed by atoms with E-state index in [0.29, 0.717) is 18.0 Å². The first kappa shape index (κ1) is 25.5. The van der Waals surface area contributed by atoms with E-state index < -0.39 is 15.9 Å². The number of carbonyl (C=O) groups excluding carboxylic acids is 1. The van der Waals surface area contributed by atoms with E-state index in [1.807, 2.05) is 12.1 Å². The summed E-state index contributed by atoms with van der Waals surface area (Å²) >= 11 is 1.70. The van der Waals surface area contributed by atoms with Crippen molar-refractivity contribution in [2.24, 2.45) is 0 Å². The molecule has 0 aliphatic carbocycles. The van der Waals surface area contributed by atoms with Gasteiger partial charge in [-0.3, -0.25) is 9.10 Å². The molecular formula is C24H28N2O6S2. The average molecular weight is 505 g/mol. The fourth-order valence-electron chi connectivity index (χ4n) is 3.17. The maximum atomic E-state index is 13.5. The smallest absolute Gasteiger partial charge is 0.264 e. The molecule has 1 amide bonds. The lowest BCUT2D eigenvalue weighted by Crippen LogP contribution is -2.41. The van der Waals surface area contributed by atoms with Crippen LogP contribution in [0.15, 0.2) is 76.2 Å². The van der Waals surface area contributed by atoms with Gasteiger partial charge in [0.25, 0.3) is 10.0 Å². The summed E-state index contributed by atoms with van der Waals surface area (Å²) in [6.45, 7) is 0.0562. The standard InChI is InChI=1S/C24H28N2O6S2/c1-30-19-10-12-21(13-11-19)34(28,29)26(22-8-3-4-9-23(22)31-2)17-24(27)25-14-6-16-33-18-20-7-5-15-32-20/h3-5,7-13,15H,6,14,16-18H2,1-2H3,(H,25,27). The Hall–Kier alpha value is -3.11. The van der Waals surface area contributed by atoms with E-state index in [-0.39, 0.29) is 17.1 Å². The van der Waals surface area contributed by atoms with Gasteiger partial charge in [-0.25, -0.2) is 8.42 Å². The molecule has 2 aromatic carbocycles. The van der Waals surface area contributed by atoms with Crippen molar-refractivity contribution >= 4 is 33.4 Å². The highest BCUT2D eigenvalue weighted by Crippen LogP contribution is 2.32. The first-order valence-electron chi connectivity index (χ1n) is 10.6. The number of nitrogens with one attached hydrogen (secondary N) is 1. The van der Waals surface area contributed by atoms with Gasteiger partial charge in [0.1, 0.15) is 23.8 Å². The third kappa shape index (κ3) is 6.71. The second kappa shape index (κ2) is 12.4. The number of furan rings is 1. The molecule has 0 saturated heterocycles. The summed E-state index contributed by atoms with van der Waals surface area (Å²) < 4.78 is 43.8. The van der Waals surface area contributed by atoms with Gasteiger partial charge in [0.05, 0.1) is 36.8 Å². The summed E-state index contributed by atoms with van der Waals surface area (Å²) in [6, 6.07) is 16.5. The Morgan fingerprint density at radius 1 is 1.03 bits per heavy atom. The normalized spacial score (nSPS) is 11.1. The van der Waals surface area contributed by atoms with Gasteiger partial charge in [0.2, 0.25) is 5.91 Å². The molecule has 3 aromatic rings. The molecule has 1 heterocycles. The molecule has 0 unspecified atom stereocenters. The minimum absolute atomic E-state index is 0.0429. The number of hydrogen-bond acceptors (Lipinski definition) is 7. The number of ether oxygens (including phenoxy) is 2. The average Bonchev–Trinajstić information content (AvgIpc) is 3.38. The SMILES string of the molecule is COc1ccc(S(=O)(=O)N(CC(=O)NCCCSCc2ccco2)c2ccccc2OC)cc1. The predicted octanol–water partition coefficient (Wildman–Crippen LogP) is 3.93. The molecule has 3 rings (SSSR count). The van der Waals surface area contributed by atoms with Crippen LogP contribution >= 0.6 is 11.8 Å². The maximum Gasteiger partial charge on any atom is 0.264 e. The molecule has 0 fully saturated rings. The lowest BCUT2D eigenvalue weighted by molar-refractivity contribution is -0.119. The van der Waals surface area contributed by atoms with Crippen molar-refractivity contribution in [2.45, 2.75) is 17.1 Å². The number of para-hydroxylation sites is 2. The van der Waals surface area contributed by atoms with Gasteiger partial charge in [-0.15, -0.1) is 0 Å². The number of benzene rings is 2. The molecule has 0 aliphatic heterocycles. The summed E-state index contributed by atoms with van der Waals surface area (Å²) in [4.78, 5) is 12.8. The Labute approximate surface area is 204 Å².